The Balaban J connectivity index is 2.44. The average Bonchev–Trinajstić information content (AvgIpc) is 2.36. The predicted octanol–water partition coefficient (Wildman–Crippen LogP) is 0.897. The van der Waals surface area contributed by atoms with E-state index in [-0.39, 0.29) is 12.6 Å². The Morgan fingerprint density at radius 3 is 2.64 bits per heavy atom. The zero-order chi connectivity index (χ0) is 7.84. The number of fused-ring (bicyclic) bond motifs is 1. The van der Waals surface area contributed by atoms with Gasteiger partial charge in [-0.3, -0.25) is 4.79 Å². The molecule has 1 heterocycles. The van der Waals surface area contributed by atoms with Crippen LogP contribution in [0.15, 0.2) is 35.8 Å². The summed E-state index contributed by atoms with van der Waals surface area (Å²) in [6, 6.07) is 0. The first-order chi connectivity index (χ1) is 5.27. The SMILES string of the molecule is C=C1C=C2OCOC2=CC1=O. The van der Waals surface area contributed by atoms with Crippen molar-refractivity contribution < 1.29 is 14.3 Å². The fourth-order valence-electron chi connectivity index (χ4n) is 0.965. The van der Waals surface area contributed by atoms with Gasteiger partial charge in [0.25, 0.3) is 0 Å². The molecular formula is C8H6O3. The molecule has 1 fully saturated rings. The van der Waals surface area contributed by atoms with Gasteiger partial charge < -0.3 is 9.47 Å². The monoisotopic (exact) mass is 150 g/mol. The quantitative estimate of drug-likeness (QED) is 0.481. The number of allylic oxidation sites excluding steroid dienone is 3. The number of carbonyl (C=O) groups is 1. The highest BCUT2D eigenvalue weighted by molar-refractivity contribution is 6.07. The second-order valence-electron chi connectivity index (χ2n) is 2.31. The first-order valence-corrected chi connectivity index (χ1v) is 3.20. The Labute approximate surface area is 63.6 Å². The molecule has 0 unspecified atom stereocenters. The molecule has 0 saturated carbocycles. The van der Waals surface area contributed by atoms with E-state index in [1.165, 1.54) is 6.08 Å². The molecule has 1 saturated heterocycles. The van der Waals surface area contributed by atoms with Crippen LogP contribution >= 0.6 is 0 Å². The van der Waals surface area contributed by atoms with Crippen molar-refractivity contribution in [2.24, 2.45) is 0 Å². The highest BCUT2D eigenvalue weighted by atomic mass is 16.7. The normalized spacial score (nSPS) is 21.5. The Morgan fingerprint density at radius 1 is 1.27 bits per heavy atom. The van der Waals surface area contributed by atoms with Crippen LogP contribution < -0.4 is 0 Å². The summed E-state index contributed by atoms with van der Waals surface area (Å²) in [6.45, 7) is 3.74. The van der Waals surface area contributed by atoms with Crippen molar-refractivity contribution >= 4 is 5.78 Å². The van der Waals surface area contributed by atoms with Crippen LogP contribution in [0.1, 0.15) is 0 Å². The number of hydrogen-bond donors (Lipinski definition) is 0. The second kappa shape index (κ2) is 1.99. The van der Waals surface area contributed by atoms with Crippen LogP contribution in [0.25, 0.3) is 0 Å². The van der Waals surface area contributed by atoms with Crippen LogP contribution in [0.3, 0.4) is 0 Å². The summed E-state index contributed by atoms with van der Waals surface area (Å²) >= 11 is 0. The summed E-state index contributed by atoms with van der Waals surface area (Å²) in [5.41, 5.74) is 0.439. The number of ether oxygens (including phenoxy) is 2. The first-order valence-electron chi connectivity index (χ1n) is 3.20. The lowest BCUT2D eigenvalue weighted by atomic mass is 10.1. The molecule has 0 aromatic carbocycles. The number of hydrogen-bond acceptors (Lipinski definition) is 3. The third-order valence-electron chi connectivity index (χ3n) is 1.56. The molecule has 3 heteroatoms. The Bertz CT molecular complexity index is 266. The zero-order valence-corrected chi connectivity index (χ0v) is 5.79. The number of carbonyl (C=O) groups excluding carboxylic acids is 1. The maximum Gasteiger partial charge on any atom is 0.231 e. The van der Waals surface area contributed by atoms with Crippen molar-refractivity contribution in [2.75, 3.05) is 6.79 Å². The molecule has 56 valence electrons. The maximum absolute atomic E-state index is 11.0. The van der Waals surface area contributed by atoms with E-state index in [2.05, 4.69) is 6.58 Å². The van der Waals surface area contributed by atoms with Crippen molar-refractivity contribution in [1.82, 2.24) is 0 Å². The minimum Gasteiger partial charge on any atom is -0.454 e. The molecule has 3 nitrogen and oxygen atoms in total. The van der Waals surface area contributed by atoms with Gasteiger partial charge >= 0.3 is 0 Å². The molecule has 1 aliphatic carbocycles. The average molecular weight is 150 g/mol. The van der Waals surface area contributed by atoms with Gasteiger partial charge in [0.2, 0.25) is 6.79 Å². The number of ketones is 1. The highest BCUT2D eigenvalue weighted by Crippen LogP contribution is 2.26. The van der Waals surface area contributed by atoms with E-state index in [1.807, 2.05) is 0 Å². The molecular weight excluding hydrogens is 144 g/mol. The summed E-state index contributed by atoms with van der Waals surface area (Å²) < 4.78 is 10.0. The van der Waals surface area contributed by atoms with Crippen LogP contribution in [0.5, 0.6) is 0 Å². The molecule has 0 N–H and O–H groups in total. The fourth-order valence-corrected chi connectivity index (χ4v) is 0.965. The molecule has 0 atom stereocenters. The van der Waals surface area contributed by atoms with Gasteiger partial charge in [-0.05, 0) is 6.08 Å². The topological polar surface area (TPSA) is 35.5 Å². The van der Waals surface area contributed by atoms with Gasteiger partial charge in [-0.25, -0.2) is 0 Å². The smallest absolute Gasteiger partial charge is 0.231 e. The zero-order valence-electron chi connectivity index (χ0n) is 5.79. The van der Waals surface area contributed by atoms with E-state index in [4.69, 9.17) is 9.47 Å². The van der Waals surface area contributed by atoms with Gasteiger partial charge in [-0.15, -0.1) is 0 Å². The lowest BCUT2D eigenvalue weighted by Crippen LogP contribution is -2.03. The molecule has 1 aliphatic heterocycles. The van der Waals surface area contributed by atoms with Gasteiger partial charge in [-0.2, -0.15) is 0 Å². The standard InChI is InChI=1S/C8H6O3/c1-5-2-7-8(3-6(5)9)11-4-10-7/h2-3H,1,4H2. The maximum atomic E-state index is 11.0. The Hall–Kier alpha value is -1.51. The Morgan fingerprint density at radius 2 is 1.91 bits per heavy atom. The van der Waals surface area contributed by atoms with Gasteiger partial charge in [-0.1, -0.05) is 6.58 Å². The van der Waals surface area contributed by atoms with Crippen LogP contribution in [0.4, 0.5) is 0 Å². The molecule has 11 heavy (non-hydrogen) atoms. The molecule has 2 rings (SSSR count). The van der Waals surface area contributed by atoms with Crippen molar-refractivity contribution in [2.45, 2.75) is 0 Å². The third kappa shape index (κ3) is 0.852. The predicted molar refractivity (Wildman–Crippen MR) is 37.4 cm³/mol. The molecule has 0 aromatic rings. The van der Waals surface area contributed by atoms with E-state index in [9.17, 15) is 4.79 Å². The summed E-state index contributed by atoms with van der Waals surface area (Å²) in [7, 11) is 0. The highest BCUT2D eigenvalue weighted by Gasteiger charge is 2.23. The largest absolute Gasteiger partial charge is 0.454 e. The van der Waals surface area contributed by atoms with E-state index >= 15 is 0 Å². The lowest BCUT2D eigenvalue weighted by Gasteiger charge is -2.03. The van der Waals surface area contributed by atoms with E-state index in [0.29, 0.717) is 17.1 Å². The van der Waals surface area contributed by atoms with Crippen molar-refractivity contribution in [3.63, 3.8) is 0 Å². The van der Waals surface area contributed by atoms with Crippen molar-refractivity contribution in [3.8, 4) is 0 Å². The first kappa shape index (κ1) is 6.22. The third-order valence-corrected chi connectivity index (χ3v) is 1.56. The molecule has 0 spiro atoms. The number of rotatable bonds is 0. The molecule has 0 amide bonds. The summed E-state index contributed by atoms with van der Waals surface area (Å²) in [5, 5.41) is 0. The van der Waals surface area contributed by atoms with Gasteiger partial charge in [0, 0.05) is 11.6 Å². The summed E-state index contributed by atoms with van der Waals surface area (Å²) in [5.74, 6) is 1.01. The van der Waals surface area contributed by atoms with Crippen LogP contribution in [0.2, 0.25) is 0 Å². The lowest BCUT2D eigenvalue weighted by molar-refractivity contribution is -0.111. The van der Waals surface area contributed by atoms with Gasteiger partial charge in [0.1, 0.15) is 0 Å². The minimum atomic E-state index is -0.116. The van der Waals surface area contributed by atoms with Crippen molar-refractivity contribution in [3.05, 3.63) is 35.8 Å². The molecule has 0 bridgehead atoms. The molecule has 2 aliphatic rings. The van der Waals surface area contributed by atoms with E-state index in [0.717, 1.165) is 0 Å². The second-order valence-corrected chi connectivity index (χ2v) is 2.31. The van der Waals surface area contributed by atoms with Crippen LogP contribution in [-0.4, -0.2) is 12.6 Å². The van der Waals surface area contributed by atoms with E-state index < -0.39 is 0 Å². The summed E-state index contributed by atoms with van der Waals surface area (Å²) in [4.78, 5) is 11.0. The van der Waals surface area contributed by atoms with E-state index in [1.54, 1.807) is 6.08 Å². The molecule has 0 aromatic heterocycles. The minimum absolute atomic E-state index is 0.116. The summed E-state index contributed by atoms with van der Waals surface area (Å²) in [6.07, 6.45) is 2.98. The Kier molecular flexibility index (Phi) is 1.12. The molecule has 0 radical (unpaired) electrons. The van der Waals surface area contributed by atoms with Crippen LogP contribution in [0, 0.1) is 0 Å². The van der Waals surface area contributed by atoms with Gasteiger partial charge in [0.15, 0.2) is 17.3 Å². The van der Waals surface area contributed by atoms with Gasteiger partial charge in [0.05, 0.1) is 0 Å². The van der Waals surface area contributed by atoms with Crippen LogP contribution in [-0.2, 0) is 14.3 Å². The van der Waals surface area contributed by atoms with Crippen molar-refractivity contribution in [1.29, 1.82) is 0 Å². The fraction of sp³-hybridized carbons (Fsp3) is 0.125.